The van der Waals surface area contributed by atoms with E-state index in [1.54, 1.807) is 13.2 Å². The fraction of sp³-hybridized carbons (Fsp3) is 0.235. The summed E-state index contributed by atoms with van der Waals surface area (Å²) in [6.45, 7) is 1.04. The average molecular weight is 282 g/mol. The molecule has 0 bridgehead atoms. The molecule has 1 unspecified atom stereocenters. The van der Waals surface area contributed by atoms with Crippen molar-refractivity contribution in [3.05, 3.63) is 65.2 Å². The van der Waals surface area contributed by atoms with E-state index in [4.69, 9.17) is 10.00 Å². The third kappa shape index (κ3) is 4.32. The number of methoxy groups -OCH3 is 1. The minimum absolute atomic E-state index is 0.434. The lowest BCUT2D eigenvalue weighted by atomic mass is 10.1. The van der Waals surface area contributed by atoms with Crippen LogP contribution < -0.4 is 10.1 Å². The average Bonchev–Trinajstić information content (AvgIpc) is 2.55. The Bertz CT molecular complexity index is 635. The molecule has 0 aliphatic carbocycles. The maximum absolute atomic E-state index is 10.1. The van der Waals surface area contributed by atoms with E-state index < -0.39 is 6.10 Å². The van der Waals surface area contributed by atoms with Gasteiger partial charge in [-0.3, -0.25) is 0 Å². The first-order valence-electron chi connectivity index (χ1n) is 6.74. The van der Waals surface area contributed by atoms with Gasteiger partial charge in [0.25, 0.3) is 0 Å². The summed E-state index contributed by atoms with van der Waals surface area (Å²) in [5.41, 5.74) is 2.47. The lowest BCUT2D eigenvalue weighted by Crippen LogP contribution is -2.21. The van der Waals surface area contributed by atoms with Crippen LogP contribution in [0.4, 0.5) is 0 Å². The topological polar surface area (TPSA) is 65.3 Å². The van der Waals surface area contributed by atoms with Crippen LogP contribution >= 0.6 is 0 Å². The Hall–Kier alpha value is -2.35. The van der Waals surface area contributed by atoms with E-state index in [2.05, 4.69) is 11.4 Å². The standard InChI is InChI=1S/C17H18N2O2/c1-21-16-7-3-6-15(9-16)17(20)12-19-11-14-5-2-4-13(8-14)10-18/h2-9,17,19-20H,11-12H2,1H3. The molecule has 2 aromatic rings. The van der Waals surface area contributed by atoms with Gasteiger partial charge in [0, 0.05) is 13.1 Å². The summed E-state index contributed by atoms with van der Waals surface area (Å²) >= 11 is 0. The highest BCUT2D eigenvalue weighted by atomic mass is 16.5. The highest BCUT2D eigenvalue weighted by Crippen LogP contribution is 2.18. The van der Waals surface area contributed by atoms with Crippen molar-refractivity contribution >= 4 is 0 Å². The second-order valence-corrected chi connectivity index (χ2v) is 4.74. The molecule has 2 aromatic carbocycles. The van der Waals surface area contributed by atoms with Gasteiger partial charge in [0.1, 0.15) is 5.75 Å². The molecule has 2 N–H and O–H groups in total. The fourth-order valence-electron chi connectivity index (χ4n) is 2.07. The molecular weight excluding hydrogens is 264 g/mol. The Morgan fingerprint density at radius 2 is 2.05 bits per heavy atom. The number of nitrogens with zero attached hydrogens (tertiary/aromatic N) is 1. The predicted octanol–water partition coefficient (Wildman–Crippen LogP) is 2.39. The van der Waals surface area contributed by atoms with Crippen molar-refractivity contribution in [2.45, 2.75) is 12.6 Å². The molecule has 4 nitrogen and oxygen atoms in total. The number of aliphatic hydroxyl groups is 1. The zero-order chi connectivity index (χ0) is 15.1. The summed E-state index contributed by atoms with van der Waals surface area (Å²) in [6.07, 6.45) is -0.598. The molecule has 0 heterocycles. The first-order chi connectivity index (χ1) is 10.2. The molecule has 4 heteroatoms. The molecular formula is C17H18N2O2. The lowest BCUT2D eigenvalue weighted by molar-refractivity contribution is 0.174. The summed E-state index contributed by atoms with van der Waals surface area (Å²) in [4.78, 5) is 0. The van der Waals surface area contributed by atoms with Gasteiger partial charge in [0.15, 0.2) is 0 Å². The van der Waals surface area contributed by atoms with E-state index in [1.807, 2.05) is 42.5 Å². The number of hydrogen-bond donors (Lipinski definition) is 2. The first-order valence-corrected chi connectivity index (χ1v) is 6.74. The van der Waals surface area contributed by atoms with Gasteiger partial charge in [-0.25, -0.2) is 0 Å². The molecule has 0 aliphatic heterocycles. The summed E-state index contributed by atoms with van der Waals surface area (Å²) in [7, 11) is 1.60. The number of aliphatic hydroxyl groups excluding tert-OH is 1. The Labute approximate surface area is 124 Å². The summed E-state index contributed by atoms with van der Waals surface area (Å²) in [6, 6.07) is 16.9. The second kappa shape index (κ2) is 7.44. The van der Waals surface area contributed by atoms with Crippen LogP contribution in [0.5, 0.6) is 5.75 Å². The van der Waals surface area contributed by atoms with E-state index >= 15 is 0 Å². The minimum Gasteiger partial charge on any atom is -0.497 e. The maximum atomic E-state index is 10.1. The third-order valence-corrected chi connectivity index (χ3v) is 3.20. The number of ether oxygens (including phenoxy) is 1. The van der Waals surface area contributed by atoms with Crippen LogP contribution in [0.1, 0.15) is 22.8 Å². The summed E-state index contributed by atoms with van der Waals surface area (Å²) in [5, 5.41) is 22.2. The number of nitrogens with one attached hydrogen (secondary N) is 1. The van der Waals surface area contributed by atoms with Crippen molar-refractivity contribution in [1.29, 1.82) is 5.26 Å². The molecule has 0 saturated heterocycles. The van der Waals surface area contributed by atoms with Gasteiger partial charge in [-0.05, 0) is 35.4 Å². The molecule has 0 fully saturated rings. The first kappa shape index (κ1) is 15.0. The van der Waals surface area contributed by atoms with Crippen molar-refractivity contribution in [3.63, 3.8) is 0 Å². The monoisotopic (exact) mass is 282 g/mol. The molecule has 0 amide bonds. The quantitative estimate of drug-likeness (QED) is 0.854. The van der Waals surface area contributed by atoms with Crippen LogP contribution in [-0.2, 0) is 6.54 Å². The molecule has 0 aliphatic rings. The van der Waals surface area contributed by atoms with Crippen LogP contribution in [-0.4, -0.2) is 18.8 Å². The fourth-order valence-corrected chi connectivity index (χ4v) is 2.07. The van der Waals surface area contributed by atoms with Crippen LogP contribution in [0.2, 0.25) is 0 Å². The van der Waals surface area contributed by atoms with Gasteiger partial charge in [0.05, 0.1) is 24.8 Å². The second-order valence-electron chi connectivity index (χ2n) is 4.74. The number of benzene rings is 2. The molecule has 21 heavy (non-hydrogen) atoms. The Kier molecular flexibility index (Phi) is 5.33. The van der Waals surface area contributed by atoms with Gasteiger partial charge in [-0.15, -0.1) is 0 Å². The number of nitriles is 1. The van der Waals surface area contributed by atoms with Crippen molar-refractivity contribution in [2.24, 2.45) is 0 Å². The van der Waals surface area contributed by atoms with Crippen molar-refractivity contribution in [2.75, 3.05) is 13.7 Å². The molecule has 0 radical (unpaired) electrons. The number of rotatable bonds is 6. The Morgan fingerprint density at radius 3 is 2.81 bits per heavy atom. The van der Waals surface area contributed by atoms with Gasteiger partial charge >= 0.3 is 0 Å². The van der Waals surface area contributed by atoms with Gasteiger partial charge < -0.3 is 15.2 Å². The lowest BCUT2D eigenvalue weighted by Gasteiger charge is -2.13. The minimum atomic E-state index is -0.598. The third-order valence-electron chi connectivity index (χ3n) is 3.20. The smallest absolute Gasteiger partial charge is 0.119 e. The zero-order valence-corrected chi connectivity index (χ0v) is 11.9. The molecule has 1 atom stereocenters. The van der Waals surface area contributed by atoms with E-state index in [1.165, 1.54) is 0 Å². The zero-order valence-electron chi connectivity index (χ0n) is 11.9. The molecule has 108 valence electrons. The van der Waals surface area contributed by atoms with Gasteiger partial charge in [-0.2, -0.15) is 5.26 Å². The van der Waals surface area contributed by atoms with E-state index in [0.29, 0.717) is 18.7 Å². The molecule has 0 spiro atoms. The summed E-state index contributed by atoms with van der Waals surface area (Å²) < 4.78 is 5.14. The molecule has 0 aromatic heterocycles. The van der Waals surface area contributed by atoms with Crippen LogP contribution in [0, 0.1) is 11.3 Å². The van der Waals surface area contributed by atoms with Crippen LogP contribution in [0.15, 0.2) is 48.5 Å². The molecule has 0 saturated carbocycles. The Morgan fingerprint density at radius 1 is 1.24 bits per heavy atom. The van der Waals surface area contributed by atoms with E-state index in [9.17, 15) is 5.11 Å². The number of hydrogen-bond acceptors (Lipinski definition) is 4. The van der Waals surface area contributed by atoms with Crippen LogP contribution in [0.25, 0.3) is 0 Å². The predicted molar refractivity (Wildman–Crippen MR) is 80.8 cm³/mol. The normalized spacial score (nSPS) is 11.7. The molecule has 2 rings (SSSR count). The maximum Gasteiger partial charge on any atom is 0.119 e. The van der Waals surface area contributed by atoms with Crippen molar-refractivity contribution in [3.8, 4) is 11.8 Å². The largest absolute Gasteiger partial charge is 0.497 e. The Balaban J connectivity index is 1.89. The summed E-state index contributed by atoms with van der Waals surface area (Å²) in [5.74, 6) is 0.730. The van der Waals surface area contributed by atoms with Gasteiger partial charge in [-0.1, -0.05) is 24.3 Å². The highest BCUT2D eigenvalue weighted by Gasteiger charge is 2.08. The van der Waals surface area contributed by atoms with E-state index in [-0.39, 0.29) is 0 Å². The highest BCUT2D eigenvalue weighted by molar-refractivity contribution is 5.33. The van der Waals surface area contributed by atoms with Crippen LogP contribution in [0.3, 0.4) is 0 Å². The SMILES string of the molecule is COc1cccc(C(O)CNCc2cccc(C#N)c2)c1. The van der Waals surface area contributed by atoms with Gasteiger partial charge in [0.2, 0.25) is 0 Å². The van der Waals surface area contributed by atoms with E-state index in [0.717, 1.165) is 16.9 Å². The van der Waals surface area contributed by atoms with Crippen molar-refractivity contribution in [1.82, 2.24) is 5.32 Å². The van der Waals surface area contributed by atoms with Crippen molar-refractivity contribution < 1.29 is 9.84 Å².